The molecule has 4 fully saturated rings. The molecule has 0 aromatic rings. The Morgan fingerprint density at radius 1 is 0.591 bits per heavy atom. The Morgan fingerprint density at radius 3 is 1.14 bits per heavy atom. The highest BCUT2D eigenvalue weighted by Gasteiger charge is 2.31. The third-order valence-electron chi connectivity index (χ3n) is 4.45. The molecular weight excluding hydrogens is 331 g/mol. The molecule has 0 aromatic heterocycles. The van der Waals surface area contributed by atoms with Crippen LogP contribution < -0.4 is 10.6 Å². The molecule has 0 amide bonds. The number of rotatable bonds is 0. The van der Waals surface area contributed by atoms with Crippen LogP contribution in [0.1, 0.15) is 25.7 Å². The maximum atomic E-state index is 9.32. The number of ether oxygens (including phenoxy) is 2. The van der Waals surface area contributed by atoms with Gasteiger partial charge in [0.1, 0.15) is 0 Å². The maximum Gasteiger partial charge on any atom is 0.0621 e. The highest BCUT2D eigenvalue weighted by Crippen LogP contribution is 2.18. The Morgan fingerprint density at radius 2 is 0.864 bits per heavy atom. The van der Waals surface area contributed by atoms with Gasteiger partial charge >= 0.3 is 0 Å². The molecule has 4 heterocycles. The molecule has 132 valence electrons. The third-order valence-corrected chi connectivity index (χ3v) is 4.45. The van der Waals surface area contributed by atoms with Crippen LogP contribution in [0.15, 0.2) is 0 Å². The Hall–Kier alpha value is 0.340. The summed E-state index contributed by atoms with van der Waals surface area (Å²) in [6.45, 7) is 3.09. The van der Waals surface area contributed by atoms with Gasteiger partial charge in [-0.1, -0.05) is 0 Å². The first kappa shape index (κ1) is 20.4. The van der Waals surface area contributed by atoms with Crippen molar-refractivity contribution in [2.24, 2.45) is 0 Å². The number of hydrogen-bond donors (Lipinski definition) is 4. The summed E-state index contributed by atoms with van der Waals surface area (Å²) in [6.07, 6.45) is 3.24. The Kier molecular flexibility index (Phi) is 8.89. The van der Waals surface area contributed by atoms with Crippen LogP contribution in [0, 0.1) is 0 Å². The molecule has 2 unspecified atom stereocenters. The summed E-state index contributed by atoms with van der Waals surface area (Å²) < 4.78 is 10.6. The molecule has 0 saturated carbocycles. The number of piperidine rings is 2. The maximum absolute atomic E-state index is 9.32. The zero-order valence-electron chi connectivity index (χ0n) is 12.6. The van der Waals surface area contributed by atoms with E-state index in [0.717, 1.165) is 52.1 Å². The molecule has 0 aliphatic carbocycles. The first-order valence-electron chi connectivity index (χ1n) is 7.72. The van der Waals surface area contributed by atoms with Crippen molar-refractivity contribution >= 4 is 24.8 Å². The predicted octanol–water partition coefficient (Wildman–Crippen LogP) is -0.160. The van der Waals surface area contributed by atoms with E-state index in [1.165, 1.54) is 0 Å². The van der Waals surface area contributed by atoms with Gasteiger partial charge < -0.3 is 30.3 Å². The average molecular weight is 359 g/mol. The van der Waals surface area contributed by atoms with Gasteiger partial charge in [0.2, 0.25) is 0 Å². The quantitative estimate of drug-likeness (QED) is 0.481. The van der Waals surface area contributed by atoms with Gasteiger partial charge in [-0.25, -0.2) is 0 Å². The van der Waals surface area contributed by atoms with Gasteiger partial charge in [0.25, 0.3) is 0 Å². The number of hydrogen-bond acceptors (Lipinski definition) is 6. The van der Waals surface area contributed by atoms with Gasteiger partial charge in [0.05, 0.1) is 38.6 Å². The summed E-state index contributed by atoms with van der Waals surface area (Å²) in [5.41, 5.74) is 0. The molecule has 4 saturated heterocycles. The number of morpholine rings is 2. The fourth-order valence-electron chi connectivity index (χ4n) is 3.61. The van der Waals surface area contributed by atoms with Crippen molar-refractivity contribution in [2.75, 3.05) is 26.4 Å². The van der Waals surface area contributed by atoms with E-state index in [0.29, 0.717) is 24.2 Å². The summed E-state index contributed by atoms with van der Waals surface area (Å²) in [5.74, 6) is 0. The van der Waals surface area contributed by atoms with Crippen molar-refractivity contribution in [2.45, 2.75) is 62.1 Å². The zero-order valence-corrected chi connectivity index (χ0v) is 14.3. The smallest absolute Gasteiger partial charge is 0.0621 e. The fraction of sp³-hybridized carbons (Fsp3) is 1.00. The second kappa shape index (κ2) is 9.59. The normalized spacial score (nSPS) is 42.8. The van der Waals surface area contributed by atoms with Gasteiger partial charge in [-0.2, -0.15) is 0 Å². The van der Waals surface area contributed by atoms with Gasteiger partial charge in [0, 0.05) is 24.2 Å². The van der Waals surface area contributed by atoms with Crippen LogP contribution in [-0.2, 0) is 9.47 Å². The van der Waals surface area contributed by atoms with Crippen molar-refractivity contribution in [3.8, 4) is 0 Å². The monoisotopic (exact) mass is 358 g/mol. The minimum absolute atomic E-state index is 0. The van der Waals surface area contributed by atoms with Crippen molar-refractivity contribution in [3.05, 3.63) is 0 Å². The predicted molar refractivity (Wildman–Crippen MR) is 88.0 cm³/mol. The van der Waals surface area contributed by atoms with E-state index in [1.54, 1.807) is 0 Å². The highest BCUT2D eigenvalue weighted by molar-refractivity contribution is 5.85. The van der Waals surface area contributed by atoms with Crippen molar-refractivity contribution in [1.29, 1.82) is 0 Å². The first-order valence-corrected chi connectivity index (χ1v) is 7.72. The van der Waals surface area contributed by atoms with Crippen LogP contribution in [-0.4, -0.2) is 73.0 Å². The number of halogens is 2. The van der Waals surface area contributed by atoms with Crippen LogP contribution in [0.2, 0.25) is 0 Å². The molecule has 4 bridgehead atoms. The van der Waals surface area contributed by atoms with Gasteiger partial charge in [-0.3, -0.25) is 0 Å². The summed E-state index contributed by atoms with van der Waals surface area (Å²) in [6, 6.07) is 1.62. The largest absolute Gasteiger partial charge is 0.393 e. The minimum atomic E-state index is -0.0971. The van der Waals surface area contributed by atoms with Gasteiger partial charge in [0.15, 0.2) is 0 Å². The highest BCUT2D eigenvalue weighted by atomic mass is 35.5. The SMILES string of the molecule is Cl.Cl.OC1C[C@H]2COC[C@@H](C1)N2.OC1C[C@H]2COC[C@@H](C1)N2. The lowest BCUT2D eigenvalue weighted by Gasteiger charge is -2.38. The van der Waals surface area contributed by atoms with Crippen molar-refractivity contribution < 1.29 is 19.7 Å². The molecule has 0 spiro atoms. The molecule has 4 aliphatic heterocycles. The summed E-state index contributed by atoms with van der Waals surface area (Å²) in [7, 11) is 0. The third kappa shape index (κ3) is 5.76. The Bertz CT molecular complexity index is 265. The van der Waals surface area contributed by atoms with Gasteiger partial charge in [-0.05, 0) is 25.7 Å². The zero-order chi connectivity index (χ0) is 13.9. The van der Waals surface area contributed by atoms with E-state index >= 15 is 0 Å². The van der Waals surface area contributed by atoms with E-state index < -0.39 is 0 Å². The molecule has 0 aromatic carbocycles. The van der Waals surface area contributed by atoms with Crippen LogP contribution in [0.5, 0.6) is 0 Å². The number of aliphatic hydroxyl groups excluding tert-OH is 2. The van der Waals surface area contributed by atoms with E-state index in [-0.39, 0.29) is 37.0 Å². The molecule has 6 atom stereocenters. The number of fused-ring (bicyclic) bond motifs is 4. The van der Waals surface area contributed by atoms with Crippen LogP contribution in [0.4, 0.5) is 0 Å². The van der Waals surface area contributed by atoms with Gasteiger partial charge in [-0.15, -0.1) is 24.8 Å². The average Bonchev–Trinajstić information content (AvgIpc) is 2.38. The number of nitrogens with one attached hydrogen (secondary N) is 2. The van der Waals surface area contributed by atoms with Crippen molar-refractivity contribution in [1.82, 2.24) is 10.6 Å². The van der Waals surface area contributed by atoms with E-state index in [9.17, 15) is 10.2 Å². The topological polar surface area (TPSA) is 83.0 Å². The molecule has 6 nitrogen and oxygen atoms in total. The second-order valence-corrected chi connectivity index (χ2v) is 6.45. The molecule has 4 N–H and O–H groups in total. The van der Waals surface area contributed by atoms with E-state index in [1.807, 2.05) is 0 Å². The minimum Gasteiger partial charge on any atom is -0.393 e. The number of aliphatic hydroxyl groups is 2. The Balaban J connectivity index is 0.000000202. The fourth-order valence-corrected chi connectivity index (χ4v) is 3.61. The first-order chi connectivity index (χ1) is 9.69. The standard InChI is InChI=1S/2C7H13NO2.2ClH/c2*9-7-1-5-3-10-4-6(2-7)8-5;;/h2*5-9H,1-4H2;2*1H/t2*5-,6+,7?;;. The summed E-state index contributed by atoms with van der Waals surface area (Å²) >= 11 is 0. The summed E-state index contributed by atoms with van der Waals surface area (Å²) in [4.78, 5) is 0. The summed E-state index contributed by atoms with van der Waals surface area (Å²) in [5, 5.41) is 25.4. The second-order valence-electron chi connectivity index (χ2n) is 6.45. The van der Waals surface area contributed by atoms with Crippen LogP contribution in [0.3, 0.4) is 0 Å². The lowest BCUT2D eigenvalue weighted by atomic mass is 9.95. The Labute approximate surface area is 144 Å². The van der Waals surface area contributed by atoms with E-state index in [4.69, 9.17) is 9.47 Å². The molecular formula is C14H28Cl2N2O4. The molecule has 22 heavy (non-hydrogen) atoms. The molecule has 0 radical (unpaired) electrons. The lowest BCUT2D eigenvalue weighted by Crippen LogP contribution is -2.55. The molecule has 4 rings (SSSR count). The van der Waals surface area contributed by atoms with E-state index in [2.05, 4.69) is 10.6 Å². The molecule has 4 aliphatic rings. The molecule has 8 heteroatoms. The van der Waals surface area contributed by atoms with Crippen molar-refractivity contribution in [3.63, 3.8) is 0 Å². The lowest BCUT2D eigenvalue weighted by molar-refractivity contribution is -0.0193. The van der Waals surface area contributed by atoms with Crippen LogP contribution in [0.25, 0.3) is 0 Å². The van der Waals surface area contributed by atoms with Crippen LogP contribution >= 0.6 is 24.8 Å².